The zero-order valence-electron chi connectivity index (χ0n) is 13.7. The van der Waals surface area contributed by atoms with Crippen molar-refractivity contribution in [3.05, 3.63) is 76.5 Å². The maximum Gasteiger partial charge on any atom is 0.573 e. The Morgan fingerprint density at radius 2 is 1.89 bits per heavy atom. The summed E-state index contributed by atoms with van der Waals surface area (Å²) in [5.74, 6) is -0.828. The quantitative estimate of drug-likeness (QED) is 0.618. The van der Waals surface area contributed by atoms with Crippen LogP contribution in [0.3, 0.4) is 0 Å². The Morgan fingerprint density at radius 3 is 2.56 bits per heavy atom. The first-order chi connectivity index (χ1) is 12.8. The maximum atomic E-state index is 12.2. The van der Waals surface area contributed by atoms with Gasteiger partial charge in [0.2, 0.25) is 0 Å². The number of alkyl halides is 3. The van der Waals surface area contributed by atoms with Crippen molar-refractivity contribution in [3.8, 4) is 5.75 Å². The summed E-state index contributed by atoms with van der Waals surface area (Å²) < 4.78 is 42.8. The van der Waals surface area contributed by atoms with Crippen molar-refractivity contribution in [2.75, 3.05) is 5.32 Å². The number of aromatic nitrogens is 2. The van der Waals surface area contributed by atoms with E-state index in [9.17, 15) is 18.0 Å². The number of ether oxygens (including phenoxy) is 1. The SMILES string of the molecule is O=C(Nc1ccc(OC(F)(F)F)cc1)c1ccn(Cc2cccc(Br)c2)n1. The van der Waals surface area contributed by atoms with Crippen LogP contribution in [0.15, 0.2) is 65.3 Å². The lowest BCUT2D eigenvalue weighted by molar-refractivity contribution is -0.274. The number of hydrogen-bond acceptors (Lipinski definition) is 3. The van der Waals surface area contributed by atoms with Crippen molar-refractivity contribution >= 4 is 27.5 Å². The first-order valence-corrected chi connectivity index (χ1v) is 8.53. The molecule has 1 amide bonds. The topological polar surface area (TPSA) is 56.1 Å². The van der Waals surface area contributed by atoms with Gasteiger partial charge in [-0.3, -0.25) is 9.48 Å². The van der Waals surface area contributed by atoms with Crippen LogP contribution >= 0.6 is 15.9 Å². The second-order valence-electron chi connectivity index (χ2n) is 5.55. The van der Waals surface area contributed by atoms with Crippen LogP contribution in [0.4, 0.5) is 18.9 Å². The molecule has 1 N–H and O–H groups in total. The fourth-order valence-electron chi connectivity index (χ4n) is 2.33. The average molecular weight is 440 g/mol. The van der Waals surface area contributed by atoms with Gasteiger partial charge in [-0.25, -0.2) is 0 Å². The zero-order chi connectivity index (χ0) is 19.4. The number of rotatable bonds is 5. The van der Waals surface area contributed by atoms with Crippen LogP contribution in [0.25, 0.3) is 0 Å². The van der Waals surface area contributed by atoms with Gasteiger partial charge in [-0.1, -0.05) is 28.1 Å². The molecule has 5 nitrogen and oxygen atoms in total. The number of carbonyl (C=O) groups is 1. The van der Waals surface area contributed by atoms with E-state index in [4.69, 9.17) is 0 Å². The molecule has 0 aliphatic rings. The number of carbonyl (C=O) groups excluding carboxylic acids is 1. The second kappa shape index (κ2) is 7.83. The van der Waals surface area contributed by atoms with Crippen molar-refractivity contribution in [2.45, 2.75) is 12.9 Å². The molecule has 9 heteroatoms. The Morgan fingerprint density at radius 1 is 1.15 bits per heavy atom. The highest BCUT2D eigenvalue weighted by Gasteiger charge is 2.30. The fourth-order valence-corrected chi connectivity index (χ4v) is 2.77. The highest BCUT2D eigenvalue weighted by molar-refractivity contribution is 9.10. The Bertz CT molecular complexity index is 940. The minimum Gasteiger partial charge on any atom is -0.406 e. The molecule has 0 spiro atoms. The summed E-state index contributed by atoms with van der Waals surface area (Å²) in [6.45, 7) is 0.496. The van der Waals surface area contributed by atoms with Gasteiger partial charge in [0, 0.05) is 16.4 Å². The van der Waals surface area contributed by atoms with Crippen LogP contribution in [0, 0.1) is 0 Å². The highest BCUT2D eigenvalue weighted by atomic mass is 79.9. The number of halogens is 4. The van der Waals surface area contributed by atoms with Crippen LogP contribution in [-0.2, 0) is 6.54 Å². The molecule has 0 radical (unpaired) electrons. The summed E-state index contributed by atoms with van der Waals surface area (Å²) >= 11 is 3.40. The minimum atomic E-state index is -4.76. The van der Waals surface area contributed by atoms with Gasteiger partial charge < -0.3 is 10.1 Å². The van der Waals surface area contributed by atoms with Crippen molar-refractivity contribution < 1.29 is 22.7 Å². The maximum absolute atomic E-state index is 12.2. The first-order valence-electron chi connectivity index (χ1n) is 7.73. The molecule has 0 saturated carbocycles. The van der Waals surface area contributed by atoms with Crippen LogP contribution in [-0.4, -0.2) is 22.1 Å². The Balaban J connectivity index is 1.62. The largest absolute Gasteiger partial charge is 0.573 e. The Labute approximate surface area is 160 Å². The second-order valence-corrected chi connectivity index (χ2v) is 6.47. The predicted molar refractivity (Wildman–Crippen MR) is 96.5 cm³/mol. The summed E-state index contributed by atoms with van der Waals surface area (Å²) in [5, 5.41) is 6.79. The normalized spacial score (nSPS) is 11.3. The molecular formula is C18H13BrF3N3O2. The number of anilines is 1. The molecule has 1 heterocycles. The van der Waals surface area contributed by atoms with Gasteiger partial charge in [0.1, 0.15) is 5.75 Å². The lowest BCUT2D eigenvalue weighted by Crippen LogP contribution is -2.17. The smallest absolute Gasteiger partial charge is 0.406 e. The van der Waals surface area contributed by atoms with E-state index < -0.39 is 12.3 Å². The molecule has 27 heavy (non-hydrogen) atoms. The van der Waals surface area contributed by atoms with E-state index >= 15 is 0 Å². The summed E-state index contributed by atoms with van der Waals surface area (Å²) in [5.41, 5.74) is 1.54. The molecule has 0 fully saturated rings. The van der Waals surface area contributed by atoms with Crippen molar-refractivity contribution in [1.82, 2.24) is 9.78 Å². The molecule has 140 valence electrons. The number of hydrogen-bond donors (Lipinski definition) is 1. The van der Waals surface area contributed by atoms with Crippen LogP contribution in [0.1, 0.15) is 16.1 Å². The van der Waals surface area contributed by atoms with E-state index in [1.54, 1.807) is 16.9 Å². The van der Waals surface area contributed by atoms with E-state index in [2.05, 4.69) is 31.1 Å². The molecule has 0 atom stereocenters. The number of nitrogens with one attached hydrogen (secondary N) is 1. The highest BCUT2D eigenvalue weighted by Crippen LogP contribution is 2.24. The molecular weight excluding hydrogens is 427 g/mol. The lowest BCUT2D eigenvalue weighted by atomic mass is 10.2. The van der Waals surface area contributed by atoms with Gasteiger partial charge >= 0.3 is 6.36 Å². The van der Waals surface area contributed by atoms with Gasteiger partial charge in [0.15, 0.2) is 5.69 Å². The van der Waals surface area contributed by atoms with Crippen LogP contribution < -0.4 is 10.1 Å². The molecule has 0 aliphatic carbocycles. The van der Waals surface area contributed by atoms with Crippen molar-refractivity contribution in [3.63, 3.8) is 0 Å². The first kappa shape index (κ1) is 19.0. The third kappa shape index (κ3) is 5.58. The molecule has 3 aromatic rings. The standard InChI is InChI=1S/C18H13BrF3N3O2/c19-13-3-1-2-12(10-13)11-25-9-8-16(24-25)17(26)23-14-4-6-15(7-5-14)27-18(20,21)22/h1-10H,11H2,(H,23,26). The third-order valence-electron chi connectivity index (χ3n) is 3.45. The third-order valence-corrected chi connectivity index (χ3v) is 3.95. The van der Waals surface area contributed by atoms with Gasteiger partial charge in [0.25, 0.3) is 5.91 Å². The van der Waals surface area contributed by atoms with Crippen LogP contribution in [0.2, 0.25) is 0 Å². The Hall–Kier alpha value is -2.81. The summed E-state index contributed by atoms with van der Waals surface area (Å²) in [7, 11) is 0. The van der Waals surface area contributed by atoms with E-state index in [1.165, 1.54) is 12.1 Å². The number of benzene rings is 2. The lowest BCUT2D eigenvalue weighted by Gasteiger charge is -2.09. The predicted octanol–water partition coefficient (Wildman–Crippen LogP) is 4.84. The average Bonchev–Trinajstić information content (AvgIpc) is 3.04. The fraction of sp³-hybridized carbons (Fsp3) is 0.111. The molecule has 0 saturated heterocycles. The van der Waals surface area contributed by atoms with Gasteiger partial charge in [-0.2, -0.15) is 5.10 Å². The number of nitrogens with zero attached hydrogens (tertiary/aromatic N) is 2. The Kier molecular flexibility index (Phi) is 5.50. The van der Waals surface area contributed by atoms with Crippen molar-refractivity contribution in [1.29, 1.82) is 0 Å². The molecule has 2 aromatic carbocycles. The van der Waals surface area contributed by atoms with E-state index in [1.807, 2.05) is 24.3 Å². The zero-order valence-corrected chi connectivity index (χ0v) is 15.3. The molecule has 0 aliphatic heterocycles. The minimum absolute atomic E-state index is 0.195. The monoisotopic (exact) mass is 439 g/mol. The summed E-state index contributed by atoms with van der Waals surface area (Å²) in [4.78, 5) is 12.2. The molecule has 3 rings (SSSR count). The summed E-state index contributed by atoms with van der Waals surface area (Å²) in [6, 6.07) is 14.1. The van der Waals surface area contributed by atoms with E-state index in [0.717, 1.165) is 22.2 Å². The molecule has 1 aromatic heterocycles. The van der Waals surface area contributed by atoms with Gasteiger partial charge in [-0.15, -0.1) is 13.2 Å². The van der Waals surface area contributed by atoms with Crippen LogP contribution in [0.5, 0.6) is 5.75 Å². The van der Waals surface area contributed by atoms with E-state index in [0.29, 0.717) is 12.2 Å². The van der Waals surface area contributed by atoms with Gasteiger partial charge in [-0.05, 0) is 48.0 Å². The van der Waals surface area contributed by atoms with Crippen molar-refractivity contribution in [2.24, 2.45) is 0 Å². The van der Waals surface area contributed by atoms with Gasteiger partial charge in [0.05, 0.1) is 6.54 Å². The molecule has 0 bridgehead atoms. The summed E-state index contributed by atoms with van der Waals surface area (Å²) in [6.07, 6.45) is -3.08. The molecule has 0 unspecified atom stereocenters. The van der Waals surface area contributed by atoms with E-state index in [-0.39, 0.29) is 11.4 Å². The number of amides is 1.